The molecule has 3 atom stereocenters. The van der Waals surface area contributed by atoms with Crippen molar-refractivity contribution < 1.29 is 64.5 Å². The van der Waals surface area contributed by atoms with E-state index in [2.05, 4.69) is 15.0 Å². The van der Waals surface area contributed by atoms with Crippen LogP contribution in [0.3, 0.4) is 0 Å². The summed E-state index contributed by atoms with van der Waals surface area (Å²) in [4.78, 5) is 24.1. The summed E-state index contributed by atoms with van der Waals surface area (Å²) in [5.74, 6) is -5.12. The van der Waals surface area contributed by atoms with E-state index >= 15 is 0 Å². The summed E-state index contributed by atoms with van der Waals surface area (Å²) in [5.41, 5.74) is 0.889. The van der Waals surface area contributed by atoms with Gasteiger partial charge in [0, 0.05) is 31.4 Å². The van der Waals surface area contributed by atoms with Crippen LogP contribution in [0.5, 0.6) is 5.88 Å². The fourth-order valence-corrected chi connectivity index (χ4v) is 3.61. The van der Waals surface area contributed by atoms with E-state index in [1.54, 1.807) is 6.07 Å². The SMILES string of the molecule is Cc1cc(CN2CCOC3CCC2C3Oc2ncccc2F)no1.O=C(O)C(F)(F)F.O=C(O)C(F)(F)F. The molecule has 1 saturated heterocycles. The molecule has 2 aliphatic rings. The topological polar surface area (TPSA) is 135 Å². The molecular formula is C21H22F7N3O7. The lowest BCUT2D eigenvalue weighted by atomic mass is 10.1. The van der Waals surface area contributed by atoms with E-state index in [9.17, 15) is 30.7 Å². The highest BCUT2D eigenvalue weighted by Gasteiger charge is 2.44. The quantitative estimate of drug-likeness (QED) is 0.533. The molecule has 0 amide bonds. The fourth-order valence-electron chi connectivity index (χ4n) is 3.61. The van der Waals surface area contributed by atoms with Crippen molar-refractivity contribution in [1.29, 1.82) is 0 Å². The second kappa shape index (κ2) is 12.9. The Morgan fingerprint density at radius 3 is 2.24 bits per heavy atom. The summed E-state index contributed by atoms with van der Waals surface area (Å²) in [7, 11) is 0. The summed E-state index contributed by atoms with van der Waals surface area (Å²) in [5, 5.41) is 18.3. The number of alkyl halides is 6. The normalized spacial score (nSPS) is 21.3. The number of aryl methyl sites for hydroxylation is 1. The number of halogens is 7. The van der Waals surface area contributed by atoms with E-state index in [4.69, 9.17) is 33.8 Å². The van der Waals surface area contributed by atoms with Crippen LogP contribution in [0.4, 0.5) is 30.7 Å². The van der Waals surface area contributed by atoms with Crippen LogP contribution in [-0.2, 0) is 20.9 Å². The maximum atomic E-state index is 13.9. The number of carboxylic acid groups (broad SMARTS) is 2. The highest BCUT2D eigenvalue weighted by Crippen LogP contribution is 2.33. The number of pyridine rings is 1. The van der Waals surface area contributed by atoms with Gasteiger partial charge in [0.1, 0.15) is 11.9 Å². The summed E-state index contributed by atoms with van der Waals surface area (Å²) >= 11 is 0. The fraction of sp³-hybridized carbons (Fsp3) is 0.524. The first-order valence-electron chi connectivity index (χ1n) is 10.7. The summed E-state index contributed by atoms with van der Waals surface area (Å²) in [6, 6.07) is 5.00. The van der Waals surface area contributed by atoms with Crippen LogP contribution in [0, 0.1) is 12.7 Å². The number of hydrogen-bond donors (Lipinski definition) is 2. The van der Waals surface area contributed by atoms with Gasteiger partial charge in [-0.1, -0.05) is 5.16 Å². The van der Waals surface area contributed by atoms with Crippen molar-refractivity contribution in [2.75, 3.05) is 13.2 Å². The Morgan fingerprint density at radius 2 is 1.74 bits per heavy atom. The van der Waals surface area contributed by atoms with E-state index in [0.717, 1.165) is 30.8 Å². The molecule has 4 rings (SSSR count). The lowest BCUT2D eigenvalue weighted by Crippen LogP contribution is -2.44. The van der Waals surface area contributed by atoms with Gasteiger partial charge in [0.2, 0.25) is 0 Å². The molecule has 2 bridgehead atoms. The average molecular weight is 561 g/mol. The van der Waals surface area contributed by atoms with Crippen molar-refractivity contribution in [3.05, 3.63) is 41.7 Å². The van der Waals surface area contributed by atoms with Gasteiger partial charge in [-0.2, -0.15) is 26.3 Å². The monoisotopic (exact) mass is 561 g/mol. The summed E-state index contributed by atoms with van der Waals surface area (Å²) in [6.07, 6.45) is -7.04. The Bertz CT molecular complexity index is 1050. The number of aliphatic carboxylic acids is 2. The van der Waals surface area contributed by atoms with Crippen molar-refractivity contribution in [3.63, 3.8) is 0 Å². The highest BCUT2D eigenvalue weighted by atomic mass is 19.4. The van der Waals surface area contributed by atoms with Gasteiger partial charge < -0.3 is 24.2 Å². The Balaban J connectivity index is 0.000000301. The van der Waals surface area contributed by atoms with Crippen molar-refractivity contribution in [1.82, 2.24) is 15.0 Å². The molecule has 38 heavy (non-hydrogen) atoms. The molecule has 2 N–H and O–H groups in total. The second-order valence-electron chi connectivity index (χ2n) is 7.93. The number of ether oxygens (including phenoxy) is 2. The molecule has 2 fully saturated rings. The Labute approximate surface area is 209 Å². The number of nitrogens with zero attached hydrogens (tertiary/aromatic N) is 3. The van der Waals surface area contributed by atoms with E-state index in [1.807, 2.05) is 13.0 Å². The highest BCUT2D eigenvalue weighted by molar-refractivity contribution is 5.73. The van der Waals surface area contributed by atoms with Crippen LogP contribution < -0.4 is 4.74 Å². The molecule has 2 aromatic heterocycles. The number of aromatic nitrogens is 2. The predicted molar refractivity (Wildman–Crippen MR) is 110 cm³/mol. The second-order valence-corrected chi connectivity index (χ2v) is 7.93. The molecule has 1 saturated carbocycles. The summed E-state index contributed by atoms with van der Waals surface area (Å²) < 4.78 is 94.4. The minimum atomic E-state index is -5.08. The predicted octanol–water partition coefficient (Wildman–Crippen LogP) is 3.59. The minimum Gasteiger partial charge on any atom is -0.475 e. The molecule has 1 aliphatic heterocycles. The van der Waals surface area contributed by atoms with Crippen LogP contribution in [0.1, 0.15) is 24.3 Å². The van der Waals surface area contributed by atoms with Gasteiger partial charge in [-0.3, -0.25) is 4.90 Å². The Hall–Kier alpha value is -3.47. The van der Waals surface area contributed by atoms with Crippen LogP contribution >= 0.6 is 0 Å². The minimum absolute atomic E-state index is 0.0274. The maximum absolute atomic E-state index is 13.9. The first-order valence-corrected chi connectivity index (χ1v) is 10.7. The smallest absolute Gasteiger partial charge is 0.475 e. The Morgan fingerprint density at radius 1 is 1.13 bits per heavy atom. The molecule has 212 valence electrons. The van der Waals surface area contributed by atoms with Gasteiger partial charge in [0.15, 0.2) is 5.82 Å². The summed E-state index contributed by atoms with van der Waals surface area (Å²) in [6.45, 7) is 3.96. The molecule has 17 heteroatoms. The van der Waals surface area contributed by atoms with Crippen LogP contribution in [0.15, 0.2) is 28.9 Å². The van der Waals surface area contributed by atoms with Gasteiger partial charge in [-0.05, 0) is 31.9 Å². The standard InChI is InChI=1S/C17H20FN3O3.2C2HF3O2/c1-11-9-12(20-24-11)10-21-7-8-22-15-5-4-14(21)16(15)23-17-13(18)3-2-6-19-17;2*3-2(4,5)1(6)7/h2-3,6,9,14-16H,4-5,7-8,10H2,1H3;2*(H,6,7). The lowest BCUT2D eigenvalue weighted by Gasteiger charge is -2.30. The first-order chi connectivity index (χ1) is 17.6. The first kappa shape index (κ1) is 30.8. The third kappa shape index (κ3) is 9.13. The number of hydrogen-bond acceptors (Lipinski definition) is 8. The van der Waals surface area contributed by atoms with Crippen LogP contribution in [-0.4, -0.2) is 80.9 Å². The number of fused-ring (bicyclic) bond motifs is 2. The Kier molecular flexibility index (Phi) is 10.4. The van der Waals surface area contributed by atoms with E-state index in [0.29, 0.717) is 13.2 Å². The van der Waals surface area contributed by atoms with Crippen molar-refractivity contribution in [3.8, 4) is 5.88 Å². The number of rotatable bonds is 4. The zero-order chi connectivity index (χ0) is 28.7. The molecule has 0 aromatic carbocycles. The molecule has 0 radical (unpaired) electrons. The third-order valence-corrected chi connectivity index (χ3v) is 5.17. The molecule has 1 aliphatic carbocycles. The maximum Gasteiger partial charge on any atom is 0.490 e. The average Bonchev–Trinajstić information content (AvgIpc) is 3.34. The van der Waals surface area contributed by atoms with E-state index in [1.165, 1.54) is 12.3 Å². The van der Waals surface area contributed by atoms with Gasteiger partial charge in [-0.25, -0.2) is 19.0 Å². The van der Waals surface area contributed by atoms with E-state index in [-0.39, 0.29) is 24.1 Å². The van der Waals surface area contributed by atoms with Crippen LogP contribution in [0.25, 0.3) is 0 Å². The number of carboxylic acids is 2. The number of carbonyl (C=O) groups is 2. The molecule has 0 spiro atoms. The van der Waals surface area contributed by atoms with Gasteiger partial charge in [0.05, 0.1) is 18.4 Å². The molecular weight excluding hydrogens is 539 g/mol. The molecule has 3 unspecified atom stereocenters. The molecule has 3 heterocycles. The lowest BCUT2D eigenvalue weighted by molar-refractivity contribution is -0.193. The van der Waals surface area contributed by atoms with Crippen molar-refractivity contribution in [2.24, 2.45) is 0 Å². The van der Waals surface area contributed by atoms with Gasteiger partial charge in [-0.15, -0.1) is 0 Å². The third-order valence-electron chi connectivity index (χ3n) is 5.17. The van der Waals surface area contributed by atoms with Gasteiger partial charge >= 0.3 is 24.3 Å². The van der Waals surface area contributed by atoms with Crippen LogP contribution in [0.2, 0.25) is 0 Å². The molecule has 2 aromatic rings. The van der Waals surface area contributed by atoms with Crippen molar-refractivity contribution >= 4 is 11.9 Å². The van der Waals surface area contributed by atoms with Crippen molar-refractivity contribution in [2.45, 2.75) is 56.9 Å². The zero-order valence-corrected chi connectivity index (χ0v) is 19.5. The zero-order valence-electron chi connectivity index (χ0n) is 19.5. The largest absolute Gasteiger partial charge is 0.490 e. The molecule has 10 nitrogen and oxygen atoms in total. The van der Waals surface area contributed by atoms with Gasteiger partial charge in [0.25, 0.3) is 5.88 Å². The van der Waals surface area contributed by atoms with E-state index < -0.39 is 30.1 Å².